The molecule has 1 aliphatic heterocycles. The number of hydrogen-bond donors (Lipinski definition) is 1. The summed E-state index contributed by atoms with van der Waals surface area (Å²) in [5.74, 6) is 0. The van der Waals surface area contributed by atoms with Crippen molar-refractivity contribution in [3.8, 4) is 0 Å². The van der Waals surface area contributed by atoms with Crippen LogP contribution in [-0.2, 0) is 20.2 Å². The maximum absolute atomic E-state index is 10.7. The van der Waals surface area contributed by atoms with Crippen LogP contribution in [0.2, 0.25) is 0 Å². The molecule has 0 amide bonds. The molecule has 5 nitrogen and oxygen atoms in total. The highest BCUT2D eigenvalue weighted by molar-refractivity contribution is 8.13. The summed E-state index contributed by atoms with van der Waals surface area (Å²) >= 11 is 0. The van der Waals surface area contributed by atoms with Gasteiger partial charge in [0.1, 0.15) is 6.23 Å². The summed E-state index contributed by atoms with van der Waals surface area (Å²) in [5, 5.41) is 10.1. The third-order valence-corrected chi connectivity index (χ3v) is 7.05. The van der Waals surface area contributed by atoms with Crippen molar-refractivity contribution in [2.45, 2.75) is 63.3 Å². The van der Waals surface area contributed by atoms with E-state index in [1.807, 2.05) is 6.92 Å². The van der Waals surface area contributed by atoms with Gasteiger partial charge < -0.3 is 9.84 Å². The van der Waals surface area contributed by atoms with Crippen LogP contribution in [-0.4, -0.2) is 43.8 Å². The smallest absolute Gasteiger partial charge is 0.261 e. The summed E-state index contributed by atoms with van der Waals surface area (Å²) in [6.07, 6.45) is 2.94. The molecular formula is C23H30ClNO4S. The molecule has 0 aromatic heterocycles. The lowest BCUT2D eigenvalue weighted by atomic mass is 9.83. The van der Waals surface area contributed by atoms with Crippen LogP contribution in [0.25, 0.3) is 0 Å². The predicted molar refractivity (Wildman–Crippen MR) is 119 cm³/mol. The molecular weight excluding hydrogens is 422 g/mol. The van der Waals surface area contributed by atoms with Gasteiger partial charge in [0.2, 0.25) is 0 Å². The van der Waals surface area contributed by atoms with E-state index in [0.717, 1.165) is 31.4 Å². The first kappa shape index (κ1) is 23.2. The van der Waals surface area contributed by atoms with E-state index in [2.05, 4.69) is 36.9 Å². The number of hydrogen-bond acceptors (Lipinski definition) is 5. The molecule has 2 aromatic rings. The lowest BCUT2D eigenvalue weighted by Gasteiger charge is -2.47. The summed E-state index contributed by atoms with van der Waals surface area (Å²) < 4.78 is 27.4. The molecule has 7 heteroatoms. The number of halogens is 1. The minimum absolute atomic E-state index is 0.138. The molecule has 1 fully saturated rings. The molecule has 164 valence electrons. The van der Waals surface area contributed by atoms with Crippen molar-refractivity contribution in [2.24, 2.45) is 0 Å². The monoisotopic (exact) mass is 451 g/mol. The Bertz CT molecular complexity index is 962. The van der Waals surface area contributed by atoms with Gasteiger partial charge in [-0.15, -0.1) is 0 Å². The first-order valence-corrected chi connectivity index (χ1v) is 12.7. The second-order valence-corrected chi connectivity index (χ2v) is 10.6. The molecule has 1 aliphatic carbocycles. The summed E-state index contributed by atoms with van der Waals surface area (Å²) in [4.78, 5) is 2.38. The fourth-order valence-corrected chi connectivity index (χ4v) is 4.96. The molecule has 1 N–H and O–H groups in total. The summed E-state index contributed by atoms with van der Waals surface area (Å²) in [5.41, 5.74) is 5.05. The molecule has 1 saturated heterocycles. The molecule has 0 saturated carbocycles. The number of aryl methyl sites for hydroxylation is 3. The maximum atomic E-state index is 10.7. The Morgan fingerprint density at radius 3 is 2.43 bits per heavy atom. The third-order valence-electron chi connectivity index (χ3n) is 5.68. The molecule has 1 heterocycles. The van der Waals surface area contributed by atoms with Crippen LogP contribution in [0.4, 0.5) is 0 Å². The molecule has 4 rings (SSSR count). The summed E-state index contributed by atoms with van der Waals surface area (Å²) in [7, 11) is 1.54. The largest absolute Gasteiger partial charge is 0.376 e. The lowest BCUT2D eigenvalue weighted by Crippen LogP contribution is -2.54. The van der Waals surface area contributed by atoms with Crippen molar-refractivity contribution in [1.29, 1.82) is 0 Å². The van der Waals surface area contributed by atoms with Gasteiger partial charge in [-0.3, -0.25) is 4.90 Å². The Kier molecular flexibility index (Phi) is 7.58. The normalized spacial score (nSPS) is 23.7. The van der Waals surface area contributed by atoms with Crippen molar-refractivity contribution in [3.63, 3.8) is 0 Å². The predicted octanol–water partition coefficient (Wildman–Crippen LogP) is 4.33. The number of aliphatic hydroxyl groups excluding tert-OH is 1. The number of nitrogens with zero attached hydrogens (tertiary/aromatic N) is 1. The first-order chi connectivity index (χ1) is 14.2. The second kappa shape index (κ2) is 9.79. The van der Waals surface area contributed by atoms with Gasteiger partial charge >= 0.3 is 0 Å². The van der Waals surface area contributed by atoms with Crippen LogP contribution in [0.3, 0.4) is 0 Å². The Labute approximate surface area is 184 Å². The average Bonchev–Trinajstić information content (AvgIpc) is 2.70. The summed E-state index contributed by atoms with van der Waals surface area (Å²) in [6, 6.07) is 13.4. The Morgan fingerprint density at radius 1 is 1.13 bits per heavy atom. The minimum Gasteiger partial charge on any atom is -0.376 e. The first-order valence-electron chi connectivity index (χ1n) is 10.4. The van der Waals surface area contributed by atoms with Crippen LogP contribution in [0.5, 0.6) is 0 Å². The van der Waals surface area contributed by atoms with Gasteiger partial charge in [-0.1, -0.05) is 48.4 Å². The zero-order valence-electron chi connectivity index (χ0n) is 17.7. The van der Waals surface area contributed by atoms with Crippen LogP contribution >= 0.6 is 10.7 Å². The van der Waals surface area contributed by atoms with Gasteiger partial charge in [-0.2, -0.15) is 0 Å². The molecule has 2 aliphatic rings. The van der Waals surface area contributed by atoms with Gasteiger partial charge in [0.25, 0.3) is 9.05 Å². The number of benzene rings is 2. The molecule has 0 radical (unpaired) electrons. The van der Waals surface area contributed by atoms with Crippen LogP contribution in [0, 0.1) is 13.8 Å². The highest BCUT2D eigenvalue weighted by Gasteiger charge is 2.40. The van der Waals surface area contributed by atoms with E-state index in [1.165, 1.54) is 28.8 Å². The molecule has 1 unspecified atom stereocenters. The zero-order valence-corrected chi connectivity index (χ0v) is 19.3. The third kappa shape index (κ3) is 5.42. The van der Waals surface area contributed by atoms with Gasteiger partial charge in [-0.05, 0) is 56.4 Å². The van der Waals surface area contributed by atoms with E-state index in [4.69, 9.17) is 15.4 Å². The van der Waals surface area contributed by atoms with E-state index >= 15 is 0 Å². The van der Waals surface area contributed by atoms with E-state index in [1.54, 1.807) is 12.1 Å². The molecule has 3 atom stereocenters. The highest BCUT2D eigenvalue weighted by Crippen LogP contribution is 2.39. The molecule has 2 aromatic carbocycles. The lowest BCUT2D eigenvalue weighted by molar-refractivity contribution is -0.177. The van der Waals surface area contributed by atoms with E-state index < -0.39 is 15.3 Å². The van der Waals surface area contributed by atoms with Gasteiger partial charge in [-0.25, -0.2) is 8.42 Å². The highest BCUT2D eigenvalue weighted by atomic mass is 35.7. The Balaban J connectivity index is 0.000000199. The van der Waals surface area contributed by atoms with Gasteiger partial charge in [0, 0.05) is 23.3 Å². The molecule has 0 bridgehead atoms. The topological polar surface area (TPSA) is 66.8 Å². The van der Waals surface area contributed by atoms with Gasteiger partial charge in [0.15, 0.2) is 0 Å². The number of morpholine rings is 1. The SMILES string of the molecule is CCCN1C(O)CO[C@@H]2c3cc(C)ccc3CC[C@H]21.Cc1ccc(S(=O)(=O)Cl)cc1. The number of fused-ring (bicyclic) bond motifs is 3. The fourth-order valence-electron chi connectivity index (χ4n) is 4.19. The van der Waals surface area contributed by atoms with E-state index in [-0.39, 0.29) is 11.0 Å². The Morgan fingerprint density at radius 2 is 1.80 bits per heavy atom. The number of ether oxygens (including phenoxy) is 1. The Hall–Kier alpha value is -1.44. The van der Waals surface area contributed by atoms with Crippen LogP contribution < -0.4 is 0 Å². The zero-order chi connectivity index (χ0) is 21.9. The van der Waals surface area contributed by atoms with Gasteiger partial charge in [0.05, 0.1) is 17.6 Å². The average molecular weight is 452 g/mol. The molecule has 0 spiro atoms. The van der Waals surface area contributed by atoms with Crippen LogP contribution in [0.1, 0.15) is 48.1 Å². The number of aliphatic hydroxyl groups is 1. The van der Waals surface area contributed by atoms with Crippen LogP contribution in [0.15, 0.2) is 47.4 Å². The van der Waals surface area contributed by atoms with Crippen molar-refractivity contribution in [1.82, 2.24) is 4.90 Å². The fraction of sp³-hybridized carbons (Fsp3) is 0.478. The second-order valence-electron chi connectivity index (χ2n) is 8.03. The van der Waals surface area contributed by atoms with E-state index in [0.29, 0.717) is 12.6 Å². The van der Waals surface area contributed by atoms with Crippen molar-refractivity contribution >= 4 is 19.7 Å². The van der Waals surface area contributed by atoms with Crippen molar-refractivity contribution in [3.05, 3.63) is 64.7 Å². The standard InChI is InChI=1S/C16H23NO2.C7H7ClO2S/c1-3-8-17-14-7-6-12-5-4-11(2)9-13(12)16(14)19-10-15(17)18;1-6-2-4-7(5-3-6)11(8,9)10/h4-5,9,14-16,18H,3,6-8,10H2,1-2H3;2-5H,1H3/t14-,15?,16-;/m1./s1. The molecule has 30 heavy (non-hydrogen) atoms. The van der Waals surface area contributed by atoms with Crippen molar-refractivity contribution in [2.75, 3.05) is 13.2 Å². The maximum Gasteiger partial charge on any atom is 0.261 e. The minimum atomic E-state index is -3.55. The summed E-state index contributed by atoms with van der Waals surface area (Å²) in [6.45, 7) is 7.55. The van der Waals surface area contributed by atoms with E-state index in [9.17, 15) is 13.5 Å². The number of rotatable bonds is 3. The quantitative estimate of drug-likeness (QED) is 0.703. The van der Waals surface area contributed by atoms with Crippen molar-refractivity contribution < 1.29 is 18.3 Å².